The van der Waals surface area contributed by atoms with Crippen LogP contribution in [-0.2, 0) is 11.2 Å². The van der Waals surface area contributed by atoms with Crippen LogP contribution in [0, 0.1) is 6.92 Å². The van der Waals surface area contributed by atoms with Crippen LogP contribution >= 0.6 is 0 Å². The van der Waals surface area contributed by atoms with Crippen LogP contribution < -0.4 is 5.32 Å². The molecule has 22 heavy (non-hydrogen) atoms. The molecule has 0 heterocycles. The Morgan fingerprint density at radius 2 is 1.55 bits per heavy atom. The van der Waals surface area contributed by atoms with Gasteiger partial charge in [-0.25, -0.2) is 0 Å². The highest BCUT2D eigenvalue weighted by molar-refractivity contribution is 5.49. The van der Waals surface area contributed by atoms with Gasteiger partial charge in [0.25, 0.3) is 0 Å². The molecule has 1 rings (SSSR count). The fourth-order valence-electron chi connectivity index (χ4n) is 1.50. The summed E-state index contributed by atoms with van der Waals surface area (Å²) < 4.78 is 0. The average molecular weight is 310 g/mol. The Labute approximate surface area is 139 Å². The standard InChI is InChI=1S/C11H14O.C5H13N.2C2H6/c1-10-5-7-11(8-6-10)4-2-3-9-12;1-3-4-5-6-2;2*1-2/h5-9H,2-4H2,1H3;6H,3-5H2,1-2H3;2*1-2H3. The number of unbranched alkanes of at least 4 members (excludes halogenated alkanes) is 2. The van der Waals surface area contributed by atoms with Crippen molar-refractivity contribution in [3.63, 3.8) is 0 Å². The predicted octanol–water partition coefficient (Wildman–Crippen LogP) is 5.57. The average Bonchev–Trinajstić information content (AvgIpc) is 2.59. The zero-order chi connectivity index (χ0) is 17.6. The normalized spacial score (nSPS) is 8.32. The van der Waals surface area contributed by atoms with E-state index in [2.05, 4.69) is 43.4 Å². The summed E-state index contributed by atoms with van der Waals surface area (Å²) in [6.07, 6.45) is 6.23. The second kappa shape index (κ2) is 24.8. The molecule has 0 saturated heterocycles. The van der Waals surface area contributed by atoms with Crippen LogP contribution in [0.5, 0.6) is 0 Å². The lowest BCUT2D eigenvalue weighted by Crippen LogP contribution is -2.06. The van der Waals surface area contributed by atoms with Gasteiger partial charge in [0.15, 0.2) is 0 Å². The molecule has 0 aliphatic carbocycles. The van der Waals surface area contributed by atoms with Gasteiger partial charge in [-0.1, -0.05) is 70.9 Å². The minimum absolute atomic E-state index is 0.674. The Morgan fingerprint density at radius 1 is 1.00 bits per heavy atom. The van der Waals surface area contributed by atoms with Crippen molar-refractivity contribution < 1.29 is 4.79 Å². The highest BCUT2D eigenvalue weighted by Gasteiger charge is 1.91. The number of rotatable bonds is 7. The molecule has 0 fully saturated rings. The van der Waals surface area contributed by atoms with Gasteiger partial charge >= 0.3 is 0 Å². The van der Waals surface area contributed by atoms with Crippen molar-refractivity contribution in [2.75, 3.05) is 13.6 Å². The van der Waals surface area contributed by atoms with Crippen molar-refractivity contribution in [1.29, 1.82) is 0 Å². The number of hydrogen-bond donors (Lipinski definition) is 1. The summed E-state index contributed by atoms with van der Waals surface area (Å²) in [5.41, 5.74) is 2.61. The van der Waals surface area contributed by atoms with Crippen LogP contribution in [0.15, 0.2) is 24.3 Å². The Kier molecular flexibility index (Phi) is 29.1. The topological polar surface area (TPSA) is 29.1 Å². The van der Waals surface area contributed by atoms with Crippen molar-refractivity contribution in [3.05, 3.63) is 35.4 Å². The third-order valence-corrected chi connectivity index (χ3v) is 2.69. The van der Waals surface area contributed by atoms with E-state index in [0.717, 1.165) is 25.7 Å². The second-order valence-electron chi connectivity index (χ2n) is 4.50. The fourth-order valence-corrected chi connectivity index (χ4v) is 1.50. The molecule has 0 spiro atoms. The predicted molar refractivity (Wildman–Crippen MR) is 102 cm³/mol. The molecular formula is C20H39NO. The highest BCUT2D eigenvalue weighted by Crippen LogP contribution is 2.06. The lowest BCUT2D eigenvalue weighted by atomic mass is 10.1. The molecule has 0 aliphatic rings. The van der Waals surface area contributed by atoms with Crippen LogP contribution in [0.4, 0.5) is 0 Å². The summed E-state index contributed by atoms with van der Waals surface area (Å²) in [6, 6.07) is 8.47. The molecule has 0 unspecified atom stereocenters. The van der Waals surface area contributed by atoms with E-state index in [9.17, 15) is 4.79 Å². The third kappa shape index (κ3) is 21.2. The summed E-state index contributed by atoms with van der Waals surface area (Å²) in [6.45, 7) is 13.4. The first-order valence-corrected chi connectivity index (χ1v) is 8.88. The molecule has 0 aliphatic heterocycles. The Balaban J connectivity index is -0.000000306. The van der Waals surface area contributed by atoms with Gasteiger partial charge in [0, 0.05) is 6.42 Å². The number of hydrogen-bond acceptors (Lipinski definition) is 2. The minimum Gasteiger partial charge on any atom is -0.320 e. The van der Waals surface area contributed by atoms with Gasteiger partial charge < -0.3 is 10.1 Å². The van der Waals surface area contributed by atoms with E-state index in [4.69, 9.17) is 0 Å². The van der Waals surface area contributed by atoms with Gasteiger partial charge in [-0.05, 0) is 45.3 Å². The van der Waals surface area contributed by atoms with Gasteiger partial charge in [0.1, 0.15) is 6.29 Å². The molecular weight excluding hydrogens is 270 g/mol. The molecule has 0 bridgehead atoms. The lowest BCUT2D eigenvalue weighted by Gasteiger charge is -1.98. The molecule has 130 valence electrons. The van der Waals surface area contributed by atoms with Crippen molar-refractivity contribution in [3.8, 4) is 0 Å². The van der Waals surface area contributed by atoms with E-state index in [1.54, 1.807) is 0 Å². The molecule has 0 aromatic heterocycles. The summed E-state index contributed by atoms with van der Waals surface area (Å²) in [4.78, 5) is 10.0. The first kappa shape index (κ1) is 25.8. The molecule has 0 atom stereocenters. The number of aldehydes is 1. The summed E-state index contributed by atoms with van der Waals surface area (Å²) in [7, 11) is 1.98. The van der Waals surface area contributed by atoms with Crippen molar-refractivity contribution in [2.24, 2.45) is 0 Å². The SMILES string of the molecule is CC.CC.CCCCNC.Cc1ccc(CCCC=O)cc1. The molecule has 2 heteroatoms. The van der Waals surface area contributed by atoms with Crippen molar-refractivity contribution in [1.82, 2.24) is 5.32 Å². The molecule has 1 aromatic rings. The van der Waals surface area contributed by atoms with E-state index in [1.807, 2.05) is 34.7 Å². The molecule has 2 nitrogen and oxygen atoms in total. The van der Waals surface area contributed by atoms with Gasteiger partial charge in [-0.3, -0.25) is 0 Å². The lowest BCUT2D eigenvalue weighted by molar-refractivity contribution is -0.107. The van der Waals surface area contributed by atoms with Crippen LogP contribution in [0.25, 0.3) is 0 Å². The summed E-state index contributed by atoms with van der Waals surface area (Å²) in [5, 5.41) is 3.07. The third-order valence-electron chi connectivity index (χ3n) is 2.69. The molecule has 1 aromatic carbocycles. The van der Waals surface area contributed by atoms with Crippen molar-refractivity contribution in [2.45, 2.75) is 73.6 Å². The second-order valence-corrected chi connectivity index (χ2v) is 4.50. The number of nitrogens with one attached hydrogen (secondary N) is 1. The molecule has 0 saturated carbocycles. The van der Waals surface area contributed by atoms with Gasteiger partial charge in [-0.2, -0.15) is 0 Å². The molecule has 0 amide bonds. The smallest absolute Gasteiger partial charge is 0.120 e. The maximum Gasteiger partial charge on any atom is 0.120 e. The maximum atomic E-state index is 10.0. The van der Waals surface area contributed by atoms with Gasteiger partial charge in [0.2, 0.25) is 0 Å². The highest BCUT2D eigenvalue weighted by atomic mass is 16.1. The number of carbonyl (C=O) groups is 1. The summed E-state index contributed by atoms with van der Waals surface area (Å²) in [5.74, 6) is 0. The van der Waals surface area contributed by atoms with E-state index < -0.39 is 0 Å². The Bertz CT molecular complexity index is 289. The van der Waals surface area contributed by atoms with Crippen LogP contribution in [-0.4, -0.2) is 19.9 Å². The number of carbonyl (C=O) groups excluding carboxylic acids is 1. The quantitative estimate of drug-likeness (QED) is 0.526. The van der Waals surface area contributed by atoms with Crippen LogP contribution in [0.3, 0.4) is 0 Å². The van der Waals surface area contributed by atoms with Crippen LogP contribution in [0.1, 0.15) is 71.4 Å². The Morgan fingerprint density at radius 3 is 1.91 bits per heavy atom. The van der Waals surface area contributed by atoms with E-state index in [1.165, 1.54) is 24.0 Å². The van der Waals surface area contributed by atoms with Crippen molar-refractivity contribution >= 4 is 6.29 Å². The summed E-state index contributed by atoms with van der Waals surface area (Å²) >= 11 is 0. The number of aryl methyl sites for hydroxylation is 2. The number of benzene rings is 1. The zero-order valence-corrected chi connectivity index (χ0v) is 16.0. The fraction of sp³-hybridized carbons (Fsp3) is 0.650. The molecule has 0 radical (unpaired) electrons. The Hall–Kier alpha value is -1.15. The molecule has 1 N–H and O–H groups in total. The first-order valence-electron chi connectivity index (χ1n) is 8.88. The van der Waals surface area contributed by atoms with E-state index in [0.29, 0.717) is 6.42 Å². The first-order chi connectivity index (χ1) is 10.7. The van der Waals surface area contributed by atoms with Gasteiger partial charge in [-0.15, -0.1) is 0 Å². The van der Waals surface area contributed by atoms with Crippen LogP contribution in [0.2, 0.25) is 0 Å². The van der Waals surface area contributed by atoms with E-state index >= 15 is 0 Å². The monoisotopic (exact) mass is 309 g/mol. The maximum absolute atomic E-state index is 10.0. The zero-order valence-electron chi connectivity index (χ0n) is 16.0. The van der Waals surface area contributed by atoms with Gasteiger partial charge in [0.05, 0.1) is 0 Å². The minimum atomic E-state index is 0.674. The van der Waals surface area contributed by atoms with E-state index in [-0.39, 0.29) is 0 Å². The largest absolute Gasteiger partial charge is 0.320 e.